The highest BCUT2D eigenvalue weighted by Gasteiger charge is 2.12. The smallest absolute Gasteiger partial charge is 0.0556 e. The van der Waals surface area contributed by atoms with Gasteiger partial charge in [0.25, 0.3) is 0 Å². The summed E-state index contributed by atoms with van der Waals surface area (Å²) in [5.74, 6) is 5.55. The molecule has 0 aromatic carbocycles. The van der Waals surface area contributed by atoms with E-state index in [4.69, 9.17) is 5.84 Å². The molecule has 0 aliphatic heterocycles. The van der Waals surface area contributed by atoms with E-state index < -0.39 is 0 Å². The van der Waals surface area contributed by atoms with E-state index in [9.17, 15) is 0 Å². The lowest BCUT2D eigenvalue weighted by molar-refractivity contribution is 0.506. The van der Waals surface area contributed by atoms with Crippen LogP contribution in [0.1, 0.15) is 35.7 Å². The SMILES string of the molecule is C=CCCCC(NN)c1sccc1C. The summed E-state index contributed by atoms with van der Waals surface area (Å²) < 4.78 is 0. The van der Waals surface area contributed by atoms with Crippen molar-refractivity contribution in [2.45, 2.75) is 32.2 Å². The Morgan fingerprint density at radius 1 is 1.71 bits per heavy atom. The van der Waals surface area contributed by atoms with E-state index in [1.165, 1.54) is 10.4 Å². The maximum absolute atomic E-state index is 5.55. The minimum Gasteiger partial charge on any atom is -0.271 e. The zero-order chi connectivity index (χ0) is 10.4. The first-order valence-corrected chi connectivity index (χ1v) is 5.78. The average molecular weight is 210 g/mol. The molecule has 3 N–H and O–H groups in total. The van der Waals surface area contributed by atoms with E-state index in [0.29, 0.717) is 6.04 Å². The quantitative estimate of drug-likeness (QED) is 0.328. The lowest BCUT2D eigenvalue weighted by Gasteiger charge is -2.14. The van der Waals surface area contributed by atoms with Crippen molar-refractivity contribution >= 4 is 11.3 Å². The van der Waals surface area contributed by atoms with Crippen LogP contribution < -0.4 is 11.3 Å². The van der Waals surface area contributed by atoms with E-state index in [0.717, 1.165) is 19.3 Å². The summed E-state index contributed by atoms with van der Waals surface area (Å²) in [6, 6.07) is 2.44. The second-order valence-corrected chi connectivity index (χ2v) is 4.35. The van der Waals surface area contributed by atoms with Crippen molar-refractivity contribution in [3.05, 3.63) is 34.5 Å². The van der Waals surface area contributed by atoms with Crippen LogP contribution in [0.15, 0.2) is 24.1 Å². The predicted octanol–water partition coefficient (Wildman–Crippen LogP) is 2.92. The first-order chi connectivity index (χ1) is 6.79. The van der Waals surface area contributed by atoms with E-state index in [2.05, 4.69) is 30.4 Å². The average Bonchev–Trinajstić information content (AvgIpc) is 2.60. The van der Waals surface area contributed by atoms with E-state index in [-0.39, 0.29) is 0 Å². The molecule has 1 rings (SSSR count). The summed E-state index contributed by atoms with van der Waals surface area (Å²) in [5, 5.41) is 2.11. The predicted molar refractivity (Wildman–Crippen MR) is 63.2 cm³/mol. The van der Waals surface area contributed by atoms with Crippen molar-refractivity contribution in [2.75, 3.05) is 0 Å². The van der Waals surface area contributed by atoms with Gasteiger partial charge in [0, 0.05) is 4.88 Å². The molecule has 0 saturated carbocycles. The first kappa shape index (κ1) is 11.4. The van der Waals surface area contributed by atoms with Crippen LogP contribution in [0, 0.1) is 6.92 Å². The molecule has 0 aliphatic carbocycles. The summed E-state index contributed by atoms with van der Waals surface area (Å²) in [4.78, 5) is 1.36. The van der Waals surface area contributed by atoms with Gasteiger partial charge in [-0.15, -0.1) is 17.9 Å². The number of rotatable bonds is 6. The standard InChI is InChI=1S/C11H18N2S/c1-3-4-5-6-10(13-12)11-9(2)7-8-14-11/h3,7-8,10,13H,1,4-6,12H2,2H3. The lowest BCUT2D eigenvalue weighted by Crippen LogP contribution is -2.27. The normalized spacial score (nSPS) is 12.7. The second kappa shape index (κ2) is 5.96. The van der Waals surface area contributed by atoms with Crippen molar-refractivity contribution in [3.8, 4) is 0 Å². The molecule has 1 atom stereocenters. The fourth-order valence-corrected chi connectivity index (χ4v) is 2.52. The molecule has 2 nitrogen and oxygen atoms in total. The Morgan fingerprint density at radius 3 is 3.00 bits per heavy atom. The van der Waals surface area contributed by atoms with Crippen LogP contribution in [0.5, 0.6) is 0 Å². The highest BCUT2D eigenvalue weighted by molar-refractivity contribution is 7.10. The third kappa shape index (κ3) is 2.94. The molecule has 3 heteroatoms. The van der Waals surface area contributed by atoms with Gasteiger partial charge in [0.2, 0.25) is 0 Å². The van der Waals surface area contributed by atoms with Crippen molar-refractivity contribution in [3.63, 3.8) is 0 Å². The van der Waals surface area contributed by atoms with Crippen LogP contribution in [0.4, 0.5) is 0 Å². The Kier molecular flexibility index (Phi) is 4.87. The van der Waals surface area contributed by atoms with Gasteiger partial charge in [0.1, 0.15) is 0 Å². The highest BCUT2D eigenvalue weighted by Crippen LogP contribution is 2.26. The van der Waals surface area contributed by atoms with Crippen LogP contribution >= 0.6 is 11.3 Å². The maximum Gasteiger partial charge on any atom is 0.0556 e. The summed E-state index contributed by atoms with van der Waals surface area (Å²) >= 11 is 1.77. The van der Waals surface area contributed by atoms with Gasteiger partial charge in [-0.25, -0.2) is 0 Å². The Balaban J connectivity index is 2.54. The molecule has 1 aromatic rings. The van der Waals surface area contributed by atoms with Crippen LogP contribution in [0.3, 0.4) is 0 Å². The van der Waals surface area contributed by atoms with Gasteiger partial charge in [-0.3, -0.25) is 11.3 Å². The number of nitrogens with one attached hydrogen (secondary N) is 1. The molecule has 1 heterocycles. The molecule has 0 bridgehead atoms. The molecule has 1 unspecified atom stereocenters. The third-order valence-corrected chi connectivity index (χ3v) is 3.45. The fourth-order valence-electron chi connectivity index (χ4n) is 1.50. The lowest BCUT2D eigenvalue weighted by atomic mass is 10.1. The summed E-state index contributed by atoms with van der Waals surface area (Å²) in [6.45, 7) is 5.84. The molecule has 0 radical (unpaired) electrons. The Morgan fingerprint density at radius 2 is 2.50 bits per heavy atom. The molecule has 0 spiro atoms. The highest BCUT2D eigenvalue weighted by atomic mass is 32.1. The largest absolute Gasteiger partial charge is 0.271 e. The van der Waals surface area contributed by atoms with Gasteiger partial charge in [0.15, 0.2) is 0 Å². The van der Waals surface area contributed by atoms with Gasteiger partial charge in [-0.1, -0.05) is 6.08 Å². The minimum absolute atomic E-state index is 0.301. The molecular weight excluding hydrogens is 192 g/mol. The molecule has 0 amide bonds. The van der Waals surface area contributed by atoms with Gasteiger partial charge in [-0.2, -0.15) is 0 Å². The van der Waals surface area contributed by atoms with E-state index in [1.807, 2.05) is 6.08 Å². The maximum atomic E-state index is 5.55. The number of aryl methyl sites for hydroxylation is 1. The topological polar surface area (TPSA) is 38.0 Å². The monoisotopic (exact) mass is 210 g/mol. The zero-order valence-corrected chi connectivity index (χ0v) is 9.44. The number of allylic oxidation sites excluding steroid dienone is 1. The number of nitrogens with two attached hydrogens (primary N) is 1. The Bertz CT molecular complexity index is 281. The van der Waals surface area contributed by atoms with Crippen LogP contribution in [-0.2, 0) is 0 Å². The van der Waals surface area contributed by atoms with Gasteiger partial charge in [0.05, 0.1) is 6.04 Å². The number of unbranched alkanes of at least 4 members (excludes halogenated alkanes) is 1. The van der Waals surface area contributed by atoms with Crippen LogP contribution in [-0.4, -0.2) is 0 Å². The molecule has 0 saturated heterocycles. The van der Waals surface area contributed by atoms with Gasteiger partial charge >= 0.3 is 0 Å². The second-order valence-electron chi connectivity index (χ2n) is 3.41. The molecule has 1 aromatic heterocycles. The van der Waals surface area contributed by atoms with Crippen molar-refractivity contribution in [1.82, 2.24) is 5.43 Å². The van der Waals surface area contributed by atoms with Crippen molar-refractivity contribution in [1.29, 1.82) is 0 Å². The number of hydrogen-bond donors (Lipinski definition) is 2. The Hall–Kier alpha value is -0.640. The van der Waals surface area contributed by atoms with E-state index in [1.54, 1.807) is 11.3 Å². The molecule has 0 aliphatic rings. The van der Waals surface area contributed by atoms with Crippen LogP contribution in [0.25, 0.3) is 0 Å². The zero-order valence-electron chi connectivity index (χ0n) is 8.62. The summed E-state index contributed by atoms with van der Waals surface area (Å²) in [7, 11) is 0. The summed E-state index contributed by atoms with van der Waals surface area (Å²) in [6.07, 6.45) is 5.22. The van der Waals surface area contributed by atoms with Gasteiger partial charge in [-0.05, 0) is 43.2 Å². The summed E-state index contributed by atoms with van der Waals surface area (Å²) in [5.41, 5.74) is 4.21. The van der Waals surface area contributed by atoms with Crippen LogP contribution in [0.2, 0.25) is 0 Å². The molecule has 78 valence electrons. The number of hydrazine groups is 1. The number of thiophene rings is 1. The molecule has 14 heavy (non-hydrogen) atoms. The minimum atomic E-state index is 0.301. The third-order valence-electron chi connectivity index (χ3n) is 2.32. The fraction of sp³-hybridized carbons (Fsp3) is 0.455. The van der Waals surface area contributed by atoms with Gasteiger partial charge < -0.3 is 0 Å². The molecular formula is C11H18N2S. The first-order valence-electron chi connectivity index (χ1n) is 4.90. The van der Waals surface area contributed by atoms with Crippen molar-refractivity contribution in [2.24, 2.45) is 5.84 Å². The number of hydrogen-bond acceptors (Lipinski definition) is 3. The van der Waals surface area contributed by atoms with E-state index >= 15 is 0 Å². The molecule has 0 fully saturated rings. The Labute approximate surface area is 89.8 Å². The van der Waals surface area contributed by atoms with Crippen molar-refractivity contribution < 1.29 is 0 Å².